The molecular formula is C10H13Cl2NO2. The summed E-state index contributed by atoms with van der Waals surface area (Å²) in [4.78, 5) is 0. The smallest absolute Gasteiger partial charge is 0.176 e. The van der Waals surface area contributed by atoms with E-state index in [2.05, 4.69) is 0 Å². The van der Waals surface area contributed by atoms with Crippen LogP contribution < -0.4 is 5.73 Å². The van der Waals surface area contributed by atoms with Gasteiger partial charge in [-0.15, -0.1) is 0 Å². The Balaban J connectivity index is 2.98. The Labute approximate surface area is 99.1 Å². The largest absolute Gasteiger partial charge is 0.354 e. The van der Waals surface area contributed by atoms with Crippen LogP contribution in [0.25, 0.3) is 0 Å². The summed E-state index contributed by atoms with van der Waals surface area (Å²) in [7, 11) is 3.04. The van der Waals surface area contributed by atoms with Crippen LogP contribution in [0.3, 0.4) is 0 Å². The van der Waals surface area contributed by atoms with Crippen molar-refractivity contribution >= 4 is 23.2 Å². The van der Waals surface area contributed by atoms with Crippen molar-refractivity contribution in [3.63, 3.8) is 0 Å². The highest BCUT2D eigenvalue weighted by Crippen LogP contribution is 2.27. The molecule has 2 N–H and O–H groups in total. The molecule has 1 rings (SSSR count). The van der Waals surface area contributed by atoms with Gasteiger partial charge in [0.1, 0.15) is 0 Å². The molecule has 0 aliphatic heterocycles. The van der Waals surface area contributed by atoms with E-state index in [1.54, 1.807) is 18.2 Å². The molecule has 0 aliphatic carbocycles. The lowest BCUT2D eigenvalue weighted by atomic mass is 10.1. The molecule has 0 radical (unpaired) electrons. The first-order valence-electron chi connectivity index (χ1n) is 4.36. The van der Waals surface area contributed by atoms with Crippen molar-refractivity contribution in [2.24, 2.45) is 5.73 Å². The average Bonchev–Trinajstić information content (AvgIpc) is 2.23. The molecule has 0 bridgehead atoms. The lowest BCUT2D eigenvalue weighted by molar-refractivity contribution is -0.117. The maximum absolute atomic E-state index is 6.00. The van der Waals surface area contributed by atoms with Gasteiger partial charge in [-0.2, -0.15) is 0 Å². The quantitative estimate of drug-likeness (QED) is 0.835. The van der Waals surface area contributed by atoms with E-state index in [4.69, 9.17) is 38.4 Å². The van der Waals surface area contributed by atoms with Crippen LogP contribution in [0.2, 0.25) is 10.0 Å². The molecule has 15 heavy (non-hydrogen) atoms. The minimum Gasteiger partial charge on any atom is -0.354 e. The molecular weight excluding hydrogens is 237 g/mol. The molecule has 0 saturated heterocycles. The predicted octanol–water partition coefficient (Wildman–Crippen LogP) is 2.61. The number of rotatable bonds is 4. The second kappa shape index (κ2) is 5.68. The predicted molar refractivity (Wildman–Crippen MR) is 61.2 cm³/mol. The average molecular weight is 250 g/mol. The molecule has 0 aliphatic rings. The molecule has 0 heterocycles. The van der Waals surface area contributed by atoms with Crippen LogP contribution in [0.4, 0.5) is 0 Å². The fourth-order valence-corrected chi connectivity index (χ4v) is 1.73. The molecule has 0 spiro atoms. The van der Waals surface area contributed by atoms with Gasteiger partial charge in [-0.25, -0.2) is 0 Å². The molecule has 0 fully saturated rings. The third kappa shape index (κ3) is 3.06. The van der Waals surface area contributed by atoms with Crippen LogP contribution in [0, 0.1) is 0 Å². The van der Waals surface area contributed by atoms with E-state index in [9.17, 15) is 0 Å². The Morgan fingerprint density at radius 3 is 2.33 bits per heavy atom. The SMILES string of the molecule is COC(OC)C(N)c1cc(Cl)ccc1Cl. The highest BCUT2D eigenvalue weighted by Gasteiger charge is 2.20. The van der Waals surface area contributed by atoms with Crippen molar-refractivity contribution in [1.82, 2.24) is 0 Å². The first kappa shape index (κ1) is 12.7. The molecule has 1 unspecified atom stereocenters. The molecule has 0 aromatic heterocycles. The van der Waals surface area contributed by atoms with Crippen LogP contribution in [0.1, 0.15) is 11.6 Å². The number of nitrogens with two attached hydrogens (primary N) is 1. The summed E-state index contributed by atoms with van der Waals surface area (Å²) in [6.07, 6.45) is -0.541. The zero-order chi connectivity index (χ0) is 11.4. The van der Waals surface area contributed by atoms with Gasteiger partial charge in [0.25, 0.3) is 0 Å². The number of benzene rings is 1. The summed E-state index contributed by atoms with van der Waals surface area (Å²) in [5.41, 5.74) is 6.64. The van der Waals surface area contributed by atoms with E-state index in [1.165, 1.54) is 14.2 Å². The standard InChI is InChI=1S/C10H13Cl2NO2/c1-14-10(15-2)9(13)7-5-6(11)3-4-8(7)12/h3-5,9-10H,13H2,1-2H3. The topological polar surface area (TPSA) is 44.5 Å². The fourth-order valence-electron chi connectivity index (χ4n) is 1.31. The van der Waals surface area contributed by atoms with Gasteiger partial charge in [0.15, 0.2) is 6.29 Å². The monoisotopic (exact) mass is 249 g/mol. The Hall–Kier alpha value is -0.320. The normalized spacial score (nSPS) is 13.2. The third-order valence-electron chi connectivity index (χ3n) is 2.07. The summed E-state index contributed by atoms with van der Waals surface area (Å²) in [6, 6.07) is 4.64. The van der Waals surface area contributed by atoms with E-state index < -0.39 is 12.3 Å². The van der Waals surface area contributed by atoms with Crippen molar-refractivity contribution < 1.29 is 9.47 Å². The van der Waals surface area contributed by atoms with E-state index in [1.807, 2.05) is 0 Å². The second-order valence-corrected chi connectivity index (χ2v) is 3.88. The van der Waals surface area contributed by atoms with Gasteiger partial charge in [-0.05, 0) is 23.8 Å². The fraction of sp³-hybridized carbons (Fsp3) is 0.400. The first-order valence-corrected chi connectivity index (χ1v) is 5.12. The van der Waals surface area contributed by atoms with Crippen LogP contribution >= 0.6 is 23.2 Å². The van der Waals surface area contributed by atoms with E-state index in [0.29, 0.717) is 15.6 Å². The summed E-state index contributed by atoms with van der Waals surface area (Å²) in [5.74, 6) is 0. The van der Waals surface area contributed by atoms with Gasteiger partial charge in [0.2, 0.25) is 0 Å². The van der Waals surface area contributed by atoms with Gasteiger partial charge in [0.05, 0.1) is 6.04 Å². The molecule has 84 valence electrons. The van der Waals surface area contributed by atoms with Crippen molar-refractivity contribution in [2.45, 2.75) is 12.3 Å². The Morgan fingerprint density at radius 2 is 1.80 bits per heavy atom. The zero-order valence-corrected chi connectivity index (χ0v) is 10.0. The second-order valence-electron chi connectivity index (χ2n) is 3.03. The van der Waals surface area contributed by atoms with Gasteiger partial charge in [-0.3, -0.25) is 0 Å². The minimum atomic E-state index is -0.541. The van der Waals surface area contributed by atoms with E-state index >= 15 is 0 Å². The van der Waals surface area contributed by atoms with Crippen molar-refractivity contribution in [3.05, 3.63) is 33.8 Å². The molecule has 0 amide bonds. The molecule has 1 aromatic carbocycles. The molecule has 1 aromatic rings. The minimum absolute atomic E-state index is 0.466. The number of methoxy groups -OCH3 is 2. The van der Waals surface area contributed by atoms with Crippen molar-refractivity contribution in [2.75, 3.05) is 14.2 Å². The number of hydrogen-bond acceptors (Lipinski definition) is 3. The number of halogens is 2. The van der Waals surface area contributed by atoms with Gasteiger partial charge < -0.3 is 15.2 Å². The molecule has 5 heteroatoms. The van der Waals surface area contributed by atoms with Crippen LogP contribution in [-0.4, -0.2) is 20.5 Å². The first-order chi connectivity index (χ1) is 7.10. The third-order valence-corrected chi connectivity index (χ3v) is 2.65. The number of ether oxygens (including phenoxy) is 2. The van der Waals surface area contributed by atoms with Crippen LogP contribution in [0.15, 0.2) is 18.2 Å². The Morgan fingerprint density at radius 1 is 1.20 bits per heavy atom. The maximum atomic E-state index is 6.00. The lowest BCUT2D eigenvalue weighted by Gasteiger charge is -2.22. The summed E-state index contributed by atoms with van der Waals surface area (Å²) in [5, 5.41) is 1.13. The lowest BCUT2D eigenvalue weighted by Crippen LogP contribution is -2.29. The van der Waals surface area contributed by atoms with Crippen LogP contribution in [0.5, 0.6) is 0 Å². The molecule has 0 saturated carbocycles. The zero-order valence-electron chi connectivity index (χ0n) is 8.54. The van der Waals surface area contributed by atoms with Crippen molar-refractivity contribution in [3.8, 4) is 0 Å². The van der Waals surface area contributed by atoms with Crippen LogP contribution in [-0.2, 0) is 9.47 Å². The molecule has 3 nitrogen and oxygen atoms in total. The van der Waals surface area contributed by atoms with Crippen molar-refractivity contribution in [1.29, 1.82) is 0 Å². The summed E-state index contributed by atoms with van der Waals surface area (Å²) < 4.78 is 10.1. The Bertz CT molecular complexity index is 329. The maximum Gasteiger partial charge on any atom is 0.176 e. The number of hydrogen-bond donors (Lipinski definition) is 1. The van der Waals surface area contributed by atoms with Gasteiger partial charge >= 0.3 is 0 Å². The summed E-state index contributed by atoms with van der Waals surface area (Å²) >= 11 is 11.9. The summed E-state index contributed by atoms with van der Waals surface area (Å²) in [6.45, 7) is 0. The highest BCUT2D eigenvalue weighted by molar-refractivity contribution is 6.33. The van der Waals surface area contributed by atoms with E-state index in [-0.39, 0.29) is 0 Å². The Kier molecular flexibility index (Phi) is 4.83. The van der Waals surface area contributed by atoms with Gasteiger partial charge in [0, 0.05) is 24.3 Å². The highest BCUT2D eigenvalue weighted by atomic mass is 35.5. The molecule has 1 atom stereocenters. The van der Waals surface area contributed by atoms with Gasteiger partial charge in [-0.1, -0.05) is 23.2 Å². The van der Waals surface area contributed by atoms with E-state index in [0.717, 1.165) is 0 Å².